The number of H-pyrrole nitrogens is 1. The predicted octanol–water partition coefficient (Wildman–Crippen LogP) is 4.21. The van der Waals surface area contributed by atoms with Crippen LogP contribution in [0.1, 0.15) is 50.5 Å². The third-order valence-corrected chi connectivity index (χ3v) is 5.44. The van der Waals surface area contributed by atoms with Crippen molar-refractivity contribution in [3.8, 4) is 0 Å². The Bertz CT molecular complexity index is 712. The van der Waals surface area contributed by atoms with Gasteiger partial charge in [-0.15, -0.1) is 0 Å². The van der Waals surface area contributed by atoms with Crippen LogP contribution in [0.25, 0.3) is 10.9 Å². The number of rotatable bonds is 1. The van der Waals surface area contributed by atoms with Gasteiger partial charge in [0, 0.05) is 23.5 Å². The Kier molecular flexibility index (Phi) is 2.76. The summed E-state index contributed by atoms with van der Waals surface area (Å²) in [6, 6.07) is 10.5. The summed E-state index contributed by atoms with van der Waals surface area (Å²) >= 11 is 0. The van der Waals surface area contributed by atoms with Gasteiger partial charge in [-0.25, -0.2) is 0 Å². The zero-order chi connectivity index (χ0) is 15.5. The fraction of sp³-hybridized carbons (Fsp3) is 0.526. The summed E-state index contributed by atoms with van der Waals surface area (Å²) in [7, 11) is 0. The highest BCUT2D eigenvalue weighted by atomic mass is 16.2. The molecule has 22 heavy (non-hydrogen) atoms. The Morgan fingerprint density at radius 1 is 1.23 bits per heavy atom. The van der Waals surface area contributed by atoms with Crippen LogP contribution in [0, 0.1) is 10.8 Å². The van der Waals surface area contributed by atoms with Crippen LogP contribution in [0.2, 0.25) is 0 Å². The summed E-state index contributed by atoms with van der Waals surface area (Å²) in [5, 5.41) is 1.11. The summed E-state index contributed by atoms with van der Waals surface area (Å²) in [5.74, 6) is 0.169. The van der Waals surface area contributed by atoms with Crippen LogP contribution in [0.5, 0.6) is 0 Å². The number of hydrogen-bond donors (Lipinski definition) is 1. The Balaban J connectivity index is 1.66. The van der Waals surface area contributed by atoms with Crippen LogP contribution in [-0.2, 0) is 0 Å². The van der Waals surface area contributed by atoms with Crippen molar-refractivity contribution in [3.05, 3.63) is 36.0 Å². The third-order valence-electron chi connectivity index (χ3n) is 5.44. The molecule has 2 fully saturated rings. The molecule has 0 spiro atoms. The van der Waals surface area contributed by atoms with E-state index in [2.05, 4.69) is 36.7 Å². The first-order valence-electron chi connectivity index (χ1n) is 8.24. The molecule has 4 rings (SSSR count). The molecule has 1 saturated carbocycles. The lowest BCUT2D eigenvalue weighted by Crippen LogP contribution is -2.37. The molecule has 1 aromatic carbocycles. The molecule has 3 heteroatoms. The van der Waals surface area contributed by atoms with Crippen molar-refractivity contribution in [2.75, 3.05) is 6.54 Å². The van der Waals surface area contributed by atoms with Crippen molar-refractivity contribution in [1.82, 2.24) is 9.88 Å². The summed E-state index contributed by atoms with van der Waals surface area (Å²) in [4.78, 5) is 18.4. The number of carbonyl (C=O) groups excluding carboxylic acids is 1. The molecule has 0 unspecified atom stereocenters. The predicted molar refractivity (Wildman–Crippen MR) is 88.9 cm³/mol. The van der Waals surface area contributed by atoms with E-state index in [0.717, 1.165) is 36.0 Å². The van der Waals surface area contributed by atoms with Crippen molar-refractivity contribution in [2.45, 2.75) is 46.1 Å². The van der Waals surface area contributed by atoms with Crippen LogP contribution in [0.4, 0.5) is 0 Å². The fourth-order valence-electron chi connectivity index (χ4n) is 5.04. The lowest BCUT2D eigenvalue weighted by molar-refractivity contribution is 0.0703. The number of benzene rings is 1. The number of likely N-dealkylation sites (tertiary alicyclic amines) is 1. The number of fused-ring (bicyclic) bond motifs is 3. The van der Waals surface area contributed by atoms with Crippen molar-refractivity contribution in [1.29, 1.82) is 0 Å². The molecule has 2 bridgehead atoms. The number of aromatic nitrogens is 1. The molecule has 3 nitrogen and oxygen atoms in total. The average Bonchev–Trinajstić information content (AvgIpc) is 2.95. The van der Waals surface area contributed by atoms with Crippen molar-refractivity contribution < 1.29 is 4.79 Å². The van der Waals surface area contributed by atoms with E-state index in [1.165, 1.54) is 6.42 Å². The number of amides is 1. The Morgan fingerprint density at radius 2 is 2.00 bits per heavy atom. The van der Waals surface area contributed by atoms with Crippen molar-refractivity contribution >= 4 is 16.8 Å². The molecular weight excluding hydrogens is 272 g/mol. The number of para-hydroxylation sites is 1. The number of aromatic amines is 1. The van der Waals surface area contributed by atoms with Gasteiger partial charge in [0.15, 0.2) is 0 Å². The molecule has 1 N–H and O–H groups in total. The smallest absolute Gasteiger partial charge is 0.270 e. The minimum atomic E-state index is 0.169. The van der Waals surface area contributed by atoms with E-state index in [9.17, 15) is 4.79 Å². The lowest BCUT2D eigenvalue weighted by atomic mass is 9.65. The molecule has 1 aliphatic carbocycles. The Morgan fingerprint density at radius 3 is 2.77 bits per heavy atom. The van der Waals surface area contributed by atoms with Crippen LogP contribution >= 0.6 is 0 Å². The lowest BCUT2D eigenvalue weighted by Gasteiger charge is -2.39. The maximum atomic E-state index is 13.0. The second-order valence-corrected chi connectivity index (χ2v) is 8.42. The molecule has 2 atom stereocenters. The number of hydrogen-bond acceptors (Lipinski definition) is 1. The Labute approximate surface area is 131 Å². The number of carbonyl (C=O) groups is 1. The summed E-state index contributed by atoms with van der Waals surface area (Å²) in [6.45, 7) is 7.93. The molecule has 116 valence electrons. The number of nitrogens with zero attached hydrogens (tertiary/aromatic N) is 1. The van der Waals surface area contributed by atoms with Gasteiger partial charge in [0.1, 0.15) is 5.69 Å². The molecule has 2 aromatic rings. The molecule has 1 aliphatic heterocycles. The second-order valence-electron chi connectivity index (χ2n) is 8.42. The van der Waals surface area contributed by atoms with Crippen LogP contribution in [0.3, 0.4) is 0 Å². The van der Waals surface area contributed by atoms with Gasteiger partial charge in [-0.1, -0.05) is 39.0 Å². The van der Waals surface area contributed by atoms with E-state index < -0.39 is 0 Å². The first kappa shape index (κ1) is 13.9. The Hall–Kier alpha value is -1.77. The summed E-state index contributed by atoms with van der Waals surface area (Å²) in [6.07, 6.45) is 3.49. The molecule has 2 heterocycles. The SMILES string of the molecule is CC1(C)C[C@H]2C[C@@](C)(CN2C(=O)c2cc3ccccc3[nH]2)C1. The van der Waals surface area contributed by atoms with Gasteiger partial charge in [-0.3, -0.25) is 4.79 Å². The van der Waals surface area contributed by atoms with Gasteiger partial charge in [-0.05, 0) is 42.2 Å². The largest absolute Gasteiger partial charge is 0.351 e. The fourth-order valence-corrected chi connectivity index (χ4v) is 5.04. The van der Waals surface area contributed by atoms with Crippen molar-refractivity contribution in [2.24, 2.45) is 10.8 Å². The first-order chi connectivity index (χ1) is 10.4. The molecular formula is C19H24N2O. The third kappa shape index (κ3) is 2.15. The second kappa shape index (κ2) is 4.37. The summed E-state index contributed by atoms with van der Waals surface area (Å²) < 4.78 is 0. The van der Waals surface area contributed by atoms with Crippen LogP contribution < -0.4 is 0 Å². The quantitative estimate of drug-likeness (QED) is 0.841. The van der Waals surface area contributed by atoms with Crippen molar-refractivity contribution in [3.63, 3.8) is 0 Å². The van der Waals surface area contributed by atoms with E-state index in [1.807, 2.05) is 24.3 Å². The normalized spacial score (nSPS) is 30.0. The minimum Gasteiger partial charge on any atom is -0.351 e. The van der Waals surface area contributed by atoms with Gasteiger partial charge in [0.05, 0.1) is 0 Å². The van der Waals surface area contributed by atoms with Gasteiger partial charge in [0.2, 0.25) is 0 Å². The standard InChI is InChI=1S/C19H24N2O/c1-18(2)9-14-10-19(3,11-18)12-21(14)17(22)16-8-13-6-4-5-7-15(13)20-16/h4-8,14,20H,9-12H2,1-3H3/t14-,19+/m0/s1. The minimum absolute atomic E-state index is 0.169. The average molecular weight is 296 g/mol. The maximum Gasteiger partial charge on any atom is 0.270 e. The van der Waals surface area contributed by atoms with E-state index in [1.54, 1.807) is 0 Å². The first-order valence-corrected chi connectivity index (χ1v) is 8.24. The highest BCUT2D eigenvalue weighted by Gasteiger charge is 2.51. The molecule has 1 amide bonds. The highest BCUT2D eigenvalue weighted by Crippen LogP contribution is 2.52. The zero-order valence-corrected chi connectivity index (χ0v) is 13.6. The van der Waals surface area contributed by atoms with Gasteiger partial charge < -0.3 is 9.88 Å². The molecule has 0 radical (unpaired) electrons. The van der Waals surface area contributed by atoms with Gasteiger partial charge in [-0.2, -0.15) is 0 Å². The zero-order valence-electron chi connectivity index (χ0n) is 13.6. The van der Waals surface area contributed by atoms with E-state index in [4.69, 9.17) is 0 Å². The van der Waals surface area contributed by atoms with Gasteiger partial charge in [0.25, 0.3) is 5.91 Å². The van der Waals surface area contributed by atoms with Crippen LogP contribution in [-0.4, -0.2) is 28.4 Å². The van der Waals surface area contributed by atoms with Gasteiger partial charge >= 0.3 is 0 Å². The summed E-state index contributed by atoms with van der Waals surface area (Å²) in [5.41, 5.74) is 2.40. The maximum absolute atomic E-state index is 13.0. The monoisotopic (exact) mass is 296 g/mol. The van der Waals surface area contributed by atoms with E-state index in [0.29, 0.717) is 11.5 Å². The molecule has 1 saturated heterocycles. The topological polar surface area (TPSA) is 36.1 Å². The van der Waals surface area contributed by atoms with E-state index in [-0.39, 0.29) is 11.3 Å². The molecule has 1 aromatic heterocycles. The van der Waals surface area contributed by atoms with Crippen LogP contribution in [0.15, 0.2) is 30.3 Å². The number of nitrogens with one attached hydrogen (secondary N) is 1. The molecule has 2 aliphatic rings. The highest BCUT2D eigenvalue weighted by molar-refractivity contribution is 5.98. The van der Waals surface area contributed by atoms with E-state index >= 15 is 0 Å².